The van der Waals surface area contributed by atoms with Crippen LogP contribution in [0.5, 0.6) is 0 Å². The van der Waals surface area contributed by atoms with Gasteiger partial charge in [0.1, 0.15) is 17.5 Å². The number of alkyl halides is 3. The molecule has 0 radical (unpaired) electrons. The van der Waals surface area contributed by atoms with Gasteiger partial charge in [-0.1, -0.05) is 6.07 Å². The molecule has 4 aromatic rings. The standard InChI is InChI=1S/C24H20F5N5O2/c1-33-21-15-5-14(19(26)6-20(15)32-22(30)16(21)7-31-33)23(36)34-8-11(10-35)17(9-34)13-3-2-12(4-18(13)25)24(27,28)29/h2-7,11,17,35H,8-10H2,1H3,(H2,30,32)/t11-,17+/m0/s1. The average molecular weight is 505 g/mol. The molecule has 0 bridgehead atoms. The van der Waals surface area contributed by atoms with E-state index in [0.717, 1.165) is 18.2 Å². The molecule has 188 valence electrons. The first-order valence-electron chi connectivity index (χ1n) is 11.0. The summed E-state index contributed by atoms with van der Waals surface area (Å²) in [5, 5.41) is 15.0. The molecular formula is C24H20F5N5O2. The van der Waals surface area contributed by atoms with E-state index in [1.807, 2.05) is 0 Å². The van der Waals surface area contributed by atoms with Crippen molar-refractivity contribution in [3.63, 3.8) is 0 Å². The van der Waals surface area contributed by atoms with Gasteiger partial charge < -0.3 is 15.7 Å². The van der Waals surface area contributed by atoms with Gasteiger partial charge in [-0.3, -0.25) is 9.48 Å². The predicted molar refractivity (Wildman–Crippen MR) is 121 cm³/mol. The Balaban J connectivity index is 1.51. The van der Waals surface area contributed by atoms with Crippen LogP contribution in [0.1, 0.15) is 27.4 Å². The number of nitrogen functional groups attached to an aromatic ring is 1. The summed E-state index contributed by atoms with van der Waals surface area (Å²) in [5.41, 5.74) is 5.30. The smallest absolute Gasteiger partial charge is 0.396 e. The largest absolute Gasteiger partial charge is 0.416 e. The number of nitrogens with zero attached hydrogens (tertiary/aromatic N) is 4. The Kier molecular flexibility index (Phi) is 5.58. The van der Waals surface area contributed by atoms with E-state index in [-0.39, 0.29) is 35.6 Å². The molecule has 3 N–H and O–H groups in total. The molecule has 1 amide bonds. The molecule has 1 aliphatic heterocycles. The van der Waals surface area contributed by atoms with E-state index in [2.05, 4.69) is 10.1 Å². The third-order valence-electron chi connectivity index (χ3n) is 6.72. The molecular weight excluding hydrogens is 485 g/mol. The SMILES string of the molecule is Cn1ncc2c(N)nc3cc(F)c(C(=O)N4C[C@@H](CO)[C@H](c5ccc(C(F)(F)F)cc5F)C4)cc3c21. The van der Waals surface area contributed by atoms with E-state index in [9.17, 15) is 27.5 Å². The number of anilines is 1. The average Bonchev–Trinajstić information content (AvgIpc) is 3.42. The number of nitrogens with two attached hydrogens (primary N) is 1. The lowest BCUT2D eigenvalue weighted by Crippen LogP contribution is -2.30. The van der Waals surface area contributed by atoms with Crippen LogP contribution in [0.15, 0.2) is 36.5 Å². The molecule has 5 rings (SSSR count). The number of aliphatic hydroxyl groups excluding tert-OH is 1. The number of rotatable bonds is 3. The van der Waals surface area contributed by atoms with Crippen molar-refractivity contribution in [3.05, 3.63) is 64.9 Å². The minimum absolute atomic E-state index is 0.0287. The van der Waals surface area contributed by atoms with Crippen LogP contribution < -0.4 is 5.73 Å². The number of pyridine rings is 1. The second-order valence-electron chi connectivity index (χ2n) is 8.87. The molecule has 1 saturated heterocycles. The maximum Gasteiger partial charge on any atom is 0.416 e. The number of hydrogen-bond acceptors (Lipinski definition) is 5. The Bertz CT molecular complexity index is 1520. The highest BCUT2D eigenvalue weighted by Gasteiger charge is 2.39. The van der Waals surface area contributed by atoms with Crippen LogP contribution in [0.3, 0.4) is 0 Å². The monoisotopic (exact) mass is 505 g/mol. The number of aryl methyl sites for hydroxylation is 1. The minimum atomic E-state index is -4.71. The molecule has 2 atom stereocenters. The number of amides is 1. The topological polar surface area (TPSA) is 97.3 Å². The van der Waals surface area contributed by atoms with Crippen molar-refractivity contribution in [2.24, 2.45) is 13.0 Å². The van der Waals surface area contributed by atoms with Gasteiger partial charge in [0.2, 0.25) is 0 Å². The van der Waals surface area contributed by atoms with Crippen LogP contribution in [0, 0.1) is 17.6 Å². The second kappa shape index (κ2) is 8.40. The fraction of sp³-hybridized carbons (Fsp3) is 0.292. The third-order valence-corrected chi connectivity index (χ3v) is 6.72. The van der Waals surface area contributed by atoms with Crippen molar-refractivity contribution in [3.8, 4) is 0 Å². The number of fused-ring (bicyclic) bond motifs is 3. The zero-order valence-electron chi connectivity index (χ0n) is 18.9. The number of aliphatic hydroxyl groups is 1. The summed E-state index contributed by atoms with van der Waals surface area (Å²) in [5.74, 6) is -3.87. The summed E-state index contributed by atoms with van der Waals surface area (Å²) in [6.07, 6.45) is -3.20. The third kappa shape index (κ3) is 3.81. The van der Waals surface area contributed by atoms with E-state index >= 15 is 4.39 Å². The lowest BCUT2D eigenvalue weighted by atomic mass is 9.88. The molecule has 3 heterocycles. The Morgan fingerprint density at radius 3 is 2.56 bits per heavy atom. The summed E-state index contributed by atoms with van der Waals surface area (Å²) in [7, 11) is 1.67. The van der Waals surface area contributed by atoms with Gasteiger partial charge in [0, 0.05) is 50.0 Å². The van der Waals surface area contributed by atoms with Crippen LogP contribution in [-0.4, -0.2) is 50.4 Å². The van der Waals surface area contributed by atoms with Crippen molar-refractivity contribution in [2.45, 2.75) is 12.1 Å². The van der Waals surface area contributed by atoms with Gasteiger partial charge in [-0.05, 0) is 23.8 Å². The molecule has 0 spiro atoms. The quantitative estimate of drug-likeness (QED) is 0.413. The van der Waals surface area contributed by atoms with Crippen molar-refractivity contribution in [1.29, 1.82) is 0 Å². The predicted octanol–water partition coefficient (Wildman–Crippen LogP) is 3.85. The zero-order chi connectivity index (χ0) is 25.9. The van der Waals surface area contributed by atoms with Gasteiger partial charge in [0.25, 0.3) is 5.91 Å². The van der Waals surface area contributed by atoms with Crippen LogP contribution in [0.25, 0.3) is 21.8 Å². The summed E-state index contributed by atoms with van der Waals surface area (Å²) in [6, 6.07) is 4.62. The van der Waals surface area contributed by atoms with Crippen molar-refractivity contribution in [1.82, 2.24) is 19.7 Å². The molecule has 0 saturated carbocycles. The molecule has 12 heteroatoms. The summed E-state index contributed by atoms with van der Waals surface area (Å²) < 4.78 is 70.0. The molecule has 1 fully saturated rings. The molecule has 0 aliphatic carbocycles. The highest BCUT2D eigenvalue weighted by molar-refractivity contribution is 6.10. The molecule has 2 aromatic carbocycles. The molecule has 1 aliphatic rings. The normalized spacial score (nSPS) is 18.5. The zero-order valence-corrected chi connectivity index (χ0v) is 18.9. The van der Waals surface area contributed by atoms with Gasteiger partial charge in [0.15, 0.2) is 0 Å². The van der Waals surface area contributed by atoms with E-state index in [0.29, 0.717) is 22.4 Å². The van der Waals surface area contributed by atoms with Crippen LogP contribution >= 0.6 is 0 Å². The number of benzene rings is 2. The van der Waals surface area contributed by atoms with E-state index in [1.54, 1.807) is 7.05 Å². The molecule has 7 nitrogen and oxygen atoms in total. The van der Waals surface area contributed by atoms with Gasteiger partial charge in [-0.15, -0.1) is 0 Å². The number of likely N-dealkylation sites (tertiary alicyclic amines) is 1. The van der Waals surface area contributed by atoms with Crippen molar-refractivity contribution in [2.75, 3.05) is 25.4 Å². The number of halogens is 5. The first kappa shape index (κ1) is 23.9. The maximum absolute atomic E-state index is 15.0. The van der Waals surface area contributed by atoms with E-state index in [1.165, 1.54) is 21.8 Å². The lowest BCUT2D eigenvalue weighted by molar-refractivity contribution is -0.137. The van der Waals surface area contributed by atoms with Gasteiger partial charge in [0.05, 0.1) is 33.7 Å². The number of aromatic nitrogens is 3. The molecule has 36 heavy (non-hydrogen) atoms. The first-order chi connectivity index (χ1) is 17.0. The number of hydrogen-bond donors (Lipinski definition) is 2. The van der Waals surface area contributed by atoms with Crippen molar-refractivity contribution < 1.29 is 31.9 Å². The highest BCUT2D eigenvalue weighted by Crippen LogP contribution is 2.38. The molecule has 2 aromatic heterocycles. The summed E-state index contributed by atoms with van der Waals surface area (Å²) >= 11 is 0. The van der Waals surface area contributed by atoms with E-state index in [4.69, 9.17) is 5.73 Å². The summed E-state index contributed by atoms with van der Waals surface area (Å²) in [4.78, 5) is 18.8. The number of carbonyl (C=O) groups is 1. The fourth-order valence-electron chi connectivity index (χ4n) is 4.89. The van der Waals surface area contributed by atoms with Gasteiger partial charge in [-0.25, -0.2) is 13.8 Å². The molecule has 0 unspecified atom stereocenters. The van der Waals surface area contributed by atoms with Crippen LogP contribution in [0.2, 0.25) is 0 Å². The Morgan fingerprint density at radius 1 is 1.14 bits per heavy atom. The minimum Gasteiger partial charge on any atom is -0.396 e. The Hall–Kier alpha value is -3.80. The fourth-order valence-corrected chi connectivity index (χ4v) is 4.89. The maximum atomic E-state index is 15.0. The highest BCUT2D eigenvalue weighted by atomic mass is 19.4. The summed E-state index contributed by atoms with van der Waals surface area (Å²) in [6.45, 7) is -0.571. The lowest BCUT2D eigenvalue weighted by Gasteiger charge is -2.19. The van der Waals surface area contributed by atoms with Crippen LogP contribution in [-0.2, 0) is 13.2 Å². The first-order valence-corrected chi connectivity index (χ1v) is 11.0. The van der Waals surface area contributed by atoms with E-state index < -0.39 is 47.7 Å². The van der Waals surface area contributed by atoms with Crippen LogP contribution in [0.4, 0.5) is 27.8 Å². The Labute approximate surface area is 200 Å². The van der Waals surface area contributed by atoms with Gasteiger partial charge >= 0.3 is 6.18 Å². The van der Waals surface area contributed by atoms with Gasteiger partial charge in [-0.2, -0.15) is 18.3 Å². The van der Waals surface area contributed by atoms with Crippen molar-refractivity contribution >= 4 is 33.5 Å². The number of carbonyl (C=O) groups excluding carboxylic acids is 1. The Morgan fingerprint density at radius 2 is 1.89 bits per heavy atom. The second-order valence-corrected chi connectivity index (χ2v) is 8.87.